The van der Waals surface area contributed by atoms with E-state index in [-0.39, 0.29) is 24.5 Å². The minimum atomic E-state index is -0.492. The Balaban J connectivity index is 1.72. The summed E-state index contributed by atoms with van der Waals surface area (Å²) in [6.45, 7) is 6.34. The number of hydrogen-bond donors (Lipinski definition) is 1. The summed E-state index contributed by atoms with van der Waals surface area (Å²) in [7, 11) is 0. The molecule has 0 aliphatic heterocycles. The van der Waals surface area contributed by atoms with Crippen molar-refractivity contribution in [2.45, 2.75) is 71.4 Å². The van der Waals surface area contributed by atoms with E-state index in [1.807, 2.05) is 57.2 Å². The van der Waals surface area contributed by atoms with Gasteiger partial charge in [-0.25, -0.2) is 0 Å². The number of carbonyl (C=O) groups is 2. The Morgan fingerprint density at radius 1 is 1.09 bits per heavy atom. The number of rotatable bonds is 10. The molecule has 0 bridgehead atoms. The van der Waals surface area contributed by atoms with E-state index in [2.05, 4.69) is 17.4 Å². The Kier molecular flexibility index (Phi) is 8.72. The normalized spacial score (nSPS) is 14.7. The highest BCUT2D eigenvalue weighted by Crippen LogP contribution is 2.21. The van der Waals surface area contributed by atoms with E-state index < -0.39 is 6.04 Å². The van der Waals surface area contributed by atoms with Crippen molar-refractivity contribution in [1.82, 2.24) is 10.2 Å². The predicted octanol–water partition coefficient (Wildman–Crippen LogP) is 4.59. The molecule has 2 aromatic rings. The molecule has 0 unspecified atom stereocenters. The van der Waals surface area contributed by atoms with E-state index in [9.17, 15) is 9.59 Å². The number of ether oxygens (including phenoxy) is 1. The number of nitrogens with one attached hydrogen (secondary N) is 1. The molecule has 1 aliphatic rings. The molecule has 2 amide bonds. The van der Waals surface area contributed by atoms with E-state index in [4.69, 9.17) is 4.74 Å². The molecule has 0 aromatic heterocycles. The van der Waals surface area contributed by atoms with E-state index in [1.165, 1.54) is 0 Å². The molecule has 0 radical (unpaired) electrons. The molecule has 5 heteroatoms. The predicted molar refractivity (Wildman–Crippen MR) is 128 cm³/mol. The lowest BCUT2D eigenvalue weighted by Gasteiger charge is -2.31. The van der Waals surface area contributed by atoms with Crippen LogP contribution in [0.4, 0.5) is 0 Å². The quantitative estimate of drug-likeness (QED) is 0.593. The maximum Gasteiger partial charge on any atom is 0.261 e. The zero-order valence-electron chi connectivity index (χ0n) is 19.6. The van der Waals surface area contributed by atoms with Crippen LogP contribution in [0.3, 0.4) is 0 Å². The summed E-state index contributed by atoms with van der Waals surface area (Å²) in [5.74, 6) is 0.507. The van der Waals surface area contributed by atoms with E-state index >= 15 is 0 Å². The monoisotopic (exact) mass is 436 g/mol. The Morgan fingerprint density at radius 3 is 2.50 bits per heavy atom. The lowest BCUT2D eigenvalue weighted by atomic mass is 10.1. The number of amides is 2. The van der Waals surface area contributed by atoms with Crippen LogP contribution in [0.1, 0.15) is 55.7 Å². The lowest BCUT2D eigenvalue weighted by molar-refractivity contribution is -0.142. The molecule has 172 valence electrons. The summed E-state index contributed by atoms with van der Waals surface area (Å²) >= 11 is 0. The smallest absolute Gasteiger partial charge is 0.261 e. The summed E-state index contributed by atoms with van der Waals surface area (Å²) in [6, 6.07) is 15.8. The summed E-state index contributed by atoms with van der Waals surface area (Å²) in [6.07, 6.45) is 5.63. The minimum Gasteiger partial charge on any atom is -0.483 e. The standard InChI is InChI=1S/C27H36N2O3/c1-4-24(27(31)28-23-12-8-9-13-23)29(17-16-22-10-6-5-7-11-22)26(30)19-32-25-18-20(2)14-15-21(25)3/h5-7,10-11,14-15,18,23-24H,4,8-9,12-13,16-17,19H2,1-3H3,(H,28,31)/t24-/m0/s1. The fourth-order valence-corrected chi connectivity index (χ4v) is 4.35. The molecule has 1 aliphatic carbocycles. The van der Waals surface area contributed by atoms with Crippen molar-refractivity contribution >= 4 is 11.8 Å². The van der Waals surface area contributed by atoms with Crippen molar-refractivity contribution in [3.05, 3.63) is 65.2 Å². The number of nitrogens with zero attached hydrogens (tertiary/aromatic N) is 1. The van der Waals surface area contributed by atoms with E-state index in [0.29, 0.717) is 25.1 Å². The molecule has 5 nitrogen and oxygen atoms in total. The van der Waals surface area contributed by atoms with Gasteiger partial charge in [0.1, 0.15) is 11.8 Å². The van der Waals surface area contributed by atoms with Gasteiger partial charge in [0.15, 0.2) is 6.61 Å². The number of benzene rings is 2. The fourth-order valence-electron chi connectivity index (χ4n) is 4.35. The molecule has 0 spiro atoms. The molecule has 3 rings (SSSR count). The van der Waals surface area contributed by atoms with Crippen molar-refractivity contribution < 1.29 is 14.3 Å². The molecule has 1 fully saturated rings. The maximum absolute atomic E-state index is 13.3. The van der Waals surface area contributed by atoms with Crippen LogP contribution in [-0.4, -0.2) is 41.9 Å². The topological polar surface area (TPSA) is 58.6 Å². The molecule has 1 saturated carbocycles. The van der Waals surface area contributed by atoms with Crippen LogP contribution >= 0.6 is 0 Å². The zero-order chi connectivity index (χ0) is 22.9. The molecule has 2 aromatic carbocycles. The van der Waals surface area contributed by atoms with E-state index in [1.54, 1.807) is 4.90 Å². The van der Waals surface area contributed by atoms with Gasteiger partial charge in [-0.15, -0.1) is 0 Å². The summed E-state index contributed by atoms with van der Waals surface area (Å²) in [5, 5.41) is 3.18. The van der Waals surface area contributed by atoms with Crippen LogP contribution in [0.2, 0.25) is 0 Å². The van der Waals surface area contributed by atoms with Crippen LogP contribution in [0.5, 0.6) is 5.75 Å². The van der Waals surface area contributed by atoms with Crippen molar-refractivity contribution in [2.75, 3.05) is 13.2 Å². The van der Waals surface area contributed by atoms with Crippen LogP contribution in [0, 0.1) is 13.8 Å². The fraction of sp³-hybridized carbons (Fsp3) is 0.481. The SMILES string of the molecule is CC[C@@H](C(=O)NC1CCCC1)N(CCc1ccccc1)C(=O)COc1cc(C)ccc1C. The largest absolute Gasteiger partial charge is 0.483 e. The number of carbonyl (C=O) groups excluding carboxylic acids is 2. The Bertz CT molecular complexity index is 891. The molecule has 1 atom stereocenters. The highest BCUT2D eigenvalue weighted by molar-refractivity contribution is 5.88. The molecule has 0 heterocycles. The highest BCUT2D eigenvalue weighted by atomic mass is 16.5. The molecule has 32 heavy (non-hydrogen) atoms. The number of hydrogen-bond acceptors (Lipinski definition) is 3. The third-order valence-electron chi connectivity index (χ3n) is 6.27. The summed E-state index contributed by atoms with van der Waals surface area (Å²) in [5.41, 5.74) is 3.22. The van der Waals surface area contributed by atoms with Gasteiger partial charge in [-0.2, -0.15) is 0 Å². The van der Waals surface area contributed by atoms with Gasteiger partial charge in [0.25, 0.3) is 5.91 Å². The third kappa shape index (κ3) is 6.59. The summed E-state index contributed by atoms with van der Waals surface area (Å²) < 4.78 is 5.90. The van der Waals surface area contributed by atoms with Crippen LogP contribution in [0.25, 0.3) is 0 Å². The van der Waals surface area contributed by atoms with Gasteiger partial charge in [-0.1, -0.05) is 62.2 Å². The second-order valence-corrected chi connectivity index (χ2v) is 8.79. The van der Waals surface area contributed by atoms with Gasteiger partial charge >= 0.3 is 0 Å². The first-order valence-corrected chi connectivity index (χ1v) is 11.8. The van der Waals surface area contributed by atoms with Gasteiger partial charge in [-0.05, 0) is 62.3 Å². The first-order chi connectivity index (χ1) is 15.5. The molecular formula is C27H36N2O3. The number of aryl methyl sites for hydroxylation is 2. The Morgan fingerprint density at radius 2 is 1.81 bits per heavy atom. The Hall–Kier alpha value is -2.82. The van der Waals surface area contributed by atoms with Crippen molar-refractivity contribution in [3.8, 4) is 5.75 Å². The first kappa shape index (κ1) is 23.8. The first-order valence-electron chi connectivity index (χ1n) is 11.8. The highest BCUT2D eigenvalue weighted by Gasteiger charge is 2.30. The van der Waals surface area contributed by atoms with Gasteiger partial charge in [0, 0.05) is 12.6 Å². The molecule has 0 saturated heterocycles. The average molecular weight is 437 g/mol. The van der Waals surface area contributed by atoms with Crippen LogP contribution < -0.4 is 10.1 Å². The van der Waals surface area contributed by atoms with Crippen molar-refractivity contribution in [1.29, 1.82) is 0 Å². The van der Waals surface area contributed by atoms with Crippen molar-refractivity contribution in [3.63, 3.8) is 0 Å². The van der Waals surface area contributed by atoms with Gasteiger partial charge in [-0.3, -0.25) is 9.59 Å². The lowest BCUT2D eigenvalue weighted by Crippen LogP contribution is -2.53. The van der Waals surface area contributed by atoms with Crippen molar-refractivity contribution in [2.24, 2.45) is 0 Å². The Labute approximate surface area is 192 Å². The van der Waals surface area contributed by atoms with Crippen LogP contribution in [-0.2, 0) is 16.0 Å². The third-order valence-corrected chi connectivity index (χ3v) is 6.27. The average Bonchev–Trinajstić information content (AvgIpc) is 3.30. The molecular weight excluding hydrogens is 400 g/mol. The second-order valence-electron chi connectivity index (χ2n) is 8.79. The second kappa shape index (κ2) is 11.7. The van der Waals surface area contributed by atoms with Crippen LogP contribution in [0.15, 0.2) is 48.5 Å². The minimum absolute atomic E-state index is 0.0486. The summed E-state index contributed by atoms with van der Waals surface area (Å²) in [4.78, 5) is 28.1. The van der Waals surface area contributed by atoms with Gasteiger partial charge in [0.2, 0.25) is 5.91 Å². The molecule has 1 N–H and O–H groups in total. The zero-order valence-corrected chi connectivity index (χ0v) is 19.6. The van der Waals surface area contributed by atoms with E-state index in [0.717, 1.165) is 42.4 Å². The van der Waals surface area contributed by atoms with Gasteiger partial charge in [0.05, 0.1) is 0 Å². The maximum atomic E-state index is 13.3. The van der Waals surface area contributed by atoms with Gasteiger partial charge < -0.3 is 15.0 Å².